The maximum absolute atomic E-state index is 6.11. The molecule has 1 nitrogen and oxygen atoms in total. The average Bonchev–Trinajstić information content (AvgIpc) is 2.81. The van der Waals surface area contributed by atoms with Gasteiger partial charge in [-0.2, -0.15) is 0 Å². The van der Waals surface area contributed by atoms with Gasteiger partial charge in [0.2, 0.25) is 0 Å². The van der Waals surface area contributed by atoms with Crippen molar-refractivity contribution < 1.29 is 0 Å². The summed E-state index contributed by atoms with van der Waals surface area (Å²) in [5.74, 6) is 0.906. The third-order valence-electron chi connectivity index (χ3n) is 2.16. The van der Waals surface area contributed by atoms with Crippen LogP contribution in [0.4, 0.5) is 0 Å². The molecular weight excluding hydrogens is 302 g/mol. The van der Waals surface area contributed by atoms with Gasteiger partial charge in [0.05, 0.1) is 0 Å². The van der Waals surface area contributed by atoms with Crippen LogP contribution in [-0.4, -0.2) is 5.75 Å². The Hall–Kier alpha value is -0.290. The topological polar surface area (TPSA) is 26.0 Å². The molecule has 4 heteroatoms. The van der Waals surface area contributed by atoms with Crippen molar-refractivity contribution in [3.05, 3.63) is 51.1 Å². The number of nitrogens with two attached hydrogens (primary N) is 1. The van der Waals surface area contributed by atoms with Crippen molar-refractivity contribution in [3.8, 4) is 0 Å². The number of hydrogen-bond donors (Lipinski definition) is 1. The largest absolute Gasteiger partial charge is 0.323 e. The lowest BCUT2D eigenvalue weighted by molar-refractivity contribution is 0.852. The number of benzene rings is 1. The third kappa shape index (κ3) is 3.10. The standard InChI is InChI=1S/C12H12BrNS2/c13-9-4-1-2-5-11(9)16-8-10(14)12-6-3-7-15-12/h1-7,10H,8,14H2. The van der Waals surface area contributed by atoms with Crippen LogP contribution in [-0.2, 0) is 0 Å². The van der Waals surface area contributed by atoms with Crippen molar-refractivity contribution in [2.75, 3.05) is 5.75 Å². The van der Waals surface area contributed by atoms with Crippen molar-refractivity contribution in [1.29, 1.82) is 0 Å². The first kappa shape index (κ1) is 12.2. The highest BCUT2D eigenvalue weighted by atomic mass is 79.9. The molecule has 0 saturated carbocycles. The first-order valence-electron chi connectivity index (χ1n) is 4.93. The average molecular weight is 314 g/mol. The third-order valence-corrected chi connectivity index (χ3v) is 5.31. The van der Waals surface area contributed by atoms with Gasteiger partial charge in [-0.15, -0.1) is 23.1 Å². The van der Waals surface area contributed by atoms with E-state index in [1.54, 1.807) is 23.1 Å². The Kier molecular flexibility index (Phi) is 4.46. The monoisotopic (exact) mass is 313 g/mol. The number of thiophene rings is 1. The highest BCUT2D eigenvalue weighted by molar-refractivity contribution is 9.10. The molecular formula is C12H12BrNS2. The molecule has 1 aromatic heterocycles. The lowest BCUT2D eigenvalue weighted by Gasteiger charge is -2.09. The second kappa shape index (κ2) is 5.87. The zero-order valence-corrected chi connectivity index (χ0v) is 11.8. The SMILES string of the molecule is NC(CSc1ccccc1Br)c1cccs1. The normalized spacial score (nSPS) is 12.6. The summed E-state index contributed by atoms with van der Waals surface area (Å²) in [5, 5.41) is 2.07. The van der Waals surface area contributed by atoms with E-state index in [0.717, 1.165) is 10.2 Å². The second-order valence-electron chi connectivity index (χ2n) is 3.36. The summed E-state index contributed by atoms with van der Waals surface area (Å²) >= 11 is 7.04. The van der Waals surface area contributed by atoms with Gasteiger partial charge in [0.25, 0.3) is 0 Å². The fourth-order valence-electron chi connectivity index (χ4n) is 1.33. The molecule has 0 radical (unpaired) electrons. The zero-order valence-electron chi connectivity index (χ0n) is 8.60. The van der Waals surface area contributed by atoms with Crippen LogP contribution in [0, 0.1) is 0 Å². The summed E-state index contributed by atoms with van der Waals surface area (Å²) in [6, 6.07) is 12.5. The molecule has 0 saturated heterocycles. The van der Waals surface area contributed by atoms with E-state index in [2.05, 4.69) is 39.5 Å². The van der Waals surface area contributed by atoms with E-state index >= 15 is 0 Å². The number of hydrogen-bond acceptors (Lipinski definition) is 3. The van der Waals surface area contributed by atoms with Crippen LogP contribution in [0.15, 0.2) is 51.1 Å². The molecule has 0 aliphatic heterocycles. The molecule has 84 valence electrons. The predicted octanol–water partition coefficient (Wildman–Crippen LogP) is 4.30. The summed E-state index contributed by atoms with van der Waals surface area (Å²) in [6.07, 6.45) is 0. The molecule has 0 spiro atoms. The Morgan fingerprint density at radius 3 is 2.75 bits per heavy atom. The van der Waals surface area contributed by atoms with Crippen LogP contribution < -0.4 is 5.73 Å². The molecule has 2 aromatic rings. The van der Waals surface area contributed by atoms with E-state index in [1.807, 2.05) is 18.2 Å². The van der Waals surface area contributed by atoms with Gasteiger partial charge in [-0.1, -0.05) is 18.2 Å². The fourth-order valence-corrected chi connectivity index (χ4v) is 3.71. The van der Waals surface area contributed by atoms with E-state index in [9.17, 15) is 0 Å². The van der Waals surface area contributed by atoms with Crippen LogP contribution in [0.5, 0.6) is 0 Å². The van der Waals surface area contributed by atoms with E-state index in [1.165, 1.54) is 9.77 Å². The number of thioether (sulfide) groups is 1. The Morgan fingerprint density at radius 2 is 2.06 bits per heavy atom. The molecule has 16 heavy (non-hydrogen) atoms. The Balaban J connectivity index is 1.95. The van der Waals surface area contributed by atoms with Crippen molar-refractivity contribution in [3.63, 3.8) is 0 Å². The molecule has 1 unspecified atom stereocenters. The van der Waals surface area contributed by atoms with Crippen molar-refractivity contribution in [2.45, 2.75) is 10.9 Å². The van der Waals surface area contributed by atoms with Gasteiger partial charge in [0, 0.05) is 26.0 Å². The molecule has 2 rings (SSSR count). The Labute approximate surface area is 112 Å². The smallest absolute Gasteiger partial charge is 0.0485 e. The molecule has 0 aliphatic carbocycles. The predicted molar refractivity (Wildman–Crippen MR) is 76.1 cm³/mol. The lowest BCUT2D eigenvalue weighted by Crippen LogP contribution is -2.11. The van der Waals surface area contributed by atoms with Crippen LogP contribution in [0.1, 0.15) is 10.9 Å². The van der Waals surface area contributed by atoms with E-state index in [4.69, 9.17) is 5.73 Å². The Morgan fingerprint density at radius 1 is 1.25 bits per heavy atom. The molecule has 0 fully saturated rings. The minimum Gasteiger partial charge on any atom is -0.323 e. The van der Waals surface area contributed by atoms with E-state index < -0.39 is 0 Å². The summed E-state index contributed by atoms with van der Waals surface area (Å²) in [4.78, 5) is 2.49. The highest BCUT2D eigenvalue weighted by Gasteiger charge is 2.08. The number of halogens is 1. The van der Waals surface area contributed by atoms with Gasteiger partial charge >= 0.3 is 0 Å². The van der Waals surface area contributed by atoms with Crippen molar-refractivity contribution in [2.24, 2.45) is 5.73 Å². The highest BCUT2D eigenvalue weighted by Crippen LogP contribution is 2.30. The zero-order chi connectivity index (χ0) is 11.4. The van der Waals surface area contributed by atoms with Crippen molar-refractivity contribution >= 4 is 39.0 Å². The molecule has 1 heterocycles. The second-order valence-corrected chi connectivity index (χ2v) is 6.26. The molecule has 1 aromatic carbocycles. The van der Waals surface area contributed by atoms with Gasteiger partial charge in [-0.3, -0.25) is 0 Å². The summed E-state index contributed by atoms with van der Waals surface area (Å²) in [7, 11) is 0. The van der Waals surface area contributed by atoms with E-state index in [0.29, 0.717) is 0 Å². The van der Waals surface area contributed by atoms with Crippen LogP contribution >= 0.6 is 39.0 Å². The summed E-state index contributed by atoms with van der Waals surface area (Å²) < 4.78 is 1.14. The van der Waals surface area contributed by atoms with Gasteiger partial charge in [-0.25, -0.2) is 0 Å². The summed E-state index contributed by atoms with van der Waals surface area (Å²) in [6.45, 7) is 0. The fraction of sp³-hybridized carbons (Fsp3) is 0.167. The van der Waals surface area contributed by atoms with Crippen LogP contribution in [0.25, 0.3) is 0 Å². The minimum absolute atomic E-state index is 0.122. The maximum atomic E-state index is 6.11. The van der Waals surface area contributed by atoms with Gasteiger partial charge < -0.3 is 5.73 Å². The summed E-state index contributed by atoms with van der Waals surface area (Å²) in [5.41, 5.74) is 6.11. The Bertz CT molecular complexity index is 442. The molecule has 0 bridgehead atoms. The molecule has 2 N–H and O–H groups in total. The quantitative estimate of drug-likeness (QED) is 0.851. The van der Waals surface area contributed by atoms with Crippen LogP contribution in [0.2, 0.25) is 0 Å². The molecule has 0 amide bonds. The maximum Gasteiger partial charge on any atom is 0.0485 e. The van der Waals surface area contributed by atoms with Gasteiger partial charge in [0.15, 0.2) is 0 Å². The van der Waals surface area contributed by atoms with Crippen molar-refractivity contribution in [1.82, 2.24) is 0 Å². The number of rotatable bonds is 4. The van der Waals surface area contributed by atoms with Crippen LogP contribution in [0.3, 0.4) is 0 Å². The minimum atomic E-state index is 0.122. The van der Waals surface area contributed by atoms with Gasteiger partial charge in [-0.05, 0) is 39.5 Å². The van der Waals surface area contributed by atoms with Gasteiger partial charge in [0.1, 0.15) is 0 Å². The van der Waals surface area contributed by atoms with E-state index in [-0.39, 0.29) is 6.04 Å². The molecule has 1 atom stereocenters. The lowest BCUT2D eigenvalue weighted by atomic mass is 10.3. The first-order valence-corrected chi connectivity index (χ1v) is 7.59. The molecule has 0 aliphatic rings. The first-order chi connectivity index (χ1) is 7.77.